The number of hydrogen-bond acceptors (Lipinski definition) is 6. The summed E-state index contributed by atoms with van der Waals surface area (Å²) in [4.78, 5) is 53.0. The molecule has 39 heavy (non-hydrogen) atoms. The van der Waals surface area contributed by atoms with Gasteiger partial charge in [0.2, 0.25) is 11.8 Å². The van der Waals surface area contributed by atoms with Gasteiger partial charge in [0, 0.05) is 18.7 Å². The quantitative estimate of drug-likeness (QED) is 0.325. The summed E-state index contributed by atoms with van der Waals surface area (Å²) in [7, 11) is 0. The summed E-state index contributed by atoms with van der Waals surface area (Å²) >= 11 is 0. The number of aliphatic hydroxyl groups excluding tert-OH is 1. The number of carbonyl (C=O) groups excluding carboxylic acids is 4. The van der Waals surface area contributed by atoms with E-state index in [9.17, 15) is 24.3 Å². The van der Waals surface area contributed by atoms with E-state index < -0.39 is 48.1 Å². The van der Waals surface area contributed by atoms with Crippen molar-refractivity contribution in [3.63, 3.8) is 0 Å². The van der Waals surface area contributed by atoms with Crippen LogP contribution in [-0.2, 0) is 25.5 Å². The molecule has 5 N–H and O–H groups in total. The van der Waals surface area contributed by atoms with Crippen molar-refractivity contribution in [1.29, 1.82) is 0 Å². The maximum absolute atomic E-state index is 13.9. The van der Waals surface area contributed by atoms with Crippen molar-refractivity contribution in [3.05, 3.63) is 65.2 Å². The topological polar surface area (TPSA) is 151 Å². The zero-order valence-electron chi connectivity index (χ0n) is 23.3. The predicted octanol–water partition coefficient (Wildman–Crippen LogP) is 3.22. The average Bonchev–Trinajstić information content (AvgIpc) is 2.86. The second kappa shape index (κ2) is 14.3. The molecular formula is C29H40N4O6. The number of aryl methyl sites for hydroxylation is 2. The molecule has 0 aliphatic rings. The Hall–Kier alpha value is -3.92. The van der Waals surface area contributed by atoms with Crippen LogP contribution in [0, 0.1) is 6.92 Å². The molecule has 0 radical (unpaired) electrons. The standard InChI is InChI=1S/C29H40N4O6/c1-6-20-11-13-21(14-12-20)25(26(36)31-22-10-8-7-9-19(22)2)33(17-18-34)27(37)23(15-16-24(30)35)32-28(38)39-29(3,4)5/h7-14,23,25,34H,6,15-18H2,1-5H3,(H2,30,35)(H,31,36)(H,32,38). The van der Waals surface area contributed by atoms with Crippen molar-refractivity contribution in [2.45, 2.75) is 71.6 Å². The fourth-order valence-corrected chi connectivity index (χ4v) is 3.99. The number of aliphatic hydroxyl groups is 1. The highest BCUT2D eigenvalue weighted by Gasteiger charge is 2.36. The molecule has 2 aromatic carbocycles. The van der Waals surface area contributed by atoms with Crippen LogP contribution in [0.5, 0.6) is 0 Å². The van der Waals surface area contributed by atoms with E-state index in [1.807, 2.05) is 38.1 Å². The number of nitrogens with two attached hydrogens (primary N) is 1. The van der Waals surface area contributed by atoms with Gasteiger partial charge < -0.3 is 31.1 Å². The highest BCUT2D eigenvalue weighted by atomic mass is 16.6. The fraction of sp³-hybridized carbons (Fsp3) is 0.448. The molecule has 4 amide bonds. The van der Waals surface area contributed by atoms with E-state index >= 15 is 0 Å². The first kappa shape index (κ1) is 31.3. The lowest BCUT2D eigenvalue weighted by molar-refractivity contribution is -0.141. The van der Waals surface area contributed by atoms with Gasteiger partial charge in [0.05, 0.1) is 6.61 Å². The van der Waals surface area contributed by atoms with E-state index in [1.165, 1.54) is 4.90 Å². The summed E-state index contributed by atoms with van der Waals surface area (Å²) in [6.45, 7) is 8.24. The number of alkyl carbamates (subject to hydrolysis) is 1. The predicted molar refractivity (Wildman–Crippen MR) is 149 cm³/mol. The number of amides is 4. The number of nitrogens with one attached hydrogen (secondary N) is 2. The second-order valence-corrected chi connectivity index (χ2v) is 10.3. The van der Waals surface area contributed by atoms with E-state index in [-0.39, 0.29) is 19.4 Å². The molecule has 10 heteroatoms. The third-order valence-corrected chi connectivity index (χ3v) is 5.96. The van der Waals surface area contributed by atoms with Crippen molar-refractivity contribution in [2.75, 3.05) is 18.5 Å². The van der Waals surface area contributed by atoms with Crippen LogP contribution >= 0.6 is 0 Å². The number of ether oxygens (including phenoxy) is 1. The molecule has 0 aliphatic carbocycles. The van der Waals surface area contributed by atoms with Gasteiger partial charge in [0.1, 0.15) is 17.7 Å². The van der Waals surface area contributed by atoms with Crippen molar-refractivity contribution in [1.82, 2.24) is 10.2 Å². The SMILES string of the molecule is CCc1ccc(C(C(=O)Nc2ccccc2C)N(CCO)C(=O)C(CCC(N)=O)NC(=O)OC(C)(C)C)cc1. The van der Waals surface area contributed by atoms with Crippen molar-refractivity contribution >= 4 is 29.5 Å². The number of primary amides is 1. The number of nitrogens with zero attached hydrogens (tertiary/aromatic N) is 1. The summed E-state index contributed by atoms with van der Waals surface area (Å²) in [5, 5.41) is 15.3. The minimum Gasteiger partial charge on any atom is -0.444 e. The normalized spacial score (nSPS) is 12.7. The number of hydrogen-bond donors (Lipinski definition) is 4. The Morgan fingerprint density at radius 2 is 1.69 bits per heavy atom. The number of rotatable bonds is 12. The van der Waals surface area contributed by atoms with Gasteiger partial charge in [0.25, 0.3) is 5.91 Å². The number of para-hydroxylation sites is 1. The molecule has 0 saturated heterocycles. The van der Waals surface area contributed by atoms with Crippen LogP contribution < -0.4 is 16.4 Å². The highest BCUT2D eigenvalue weighted by Crippen LogP contribution is 2.26. The van der Waals surface area contributed by atoms with Gasteiger partial charge in [-0.2, -0.15) is 0 Å². The molecular weight excluding hydrogens is 500 g/mol. The maximum atomic E-state index is 13.9. The first-order valence-electron chi connectivity index (χ1n) is 13.0. The maximum Gasteiger partial charge on any atom is 0.408 e. The number of benzene rings is 2. The van der Waals surface area contributed by atoms with Gasteiger partial charge >= 0.3 is 6.09 Å². The molecule has 0 saturated carbocycles. The molecule has 10 nitrogen and oxygen atoms in total. The van der Waals surface area contributed by atoms with Crippen LogP contribution in [0.15, 0.2) is 48.5 Å². The van der Waals surface area contributed by atoms with Crippen LogP contribution in [0.25, 0.3) is 0 Å². The molecule has 2 atom stereocenters. The molecule has 0 fully saturated rings. The third-order valence-electron chi connectivity index (χ3n) is 5.96. The Morgan fingerprint density at radius 1 is 1.05 bits per heavy atom. The minimum absolute atomic E-state index is 0.115. The smallest absolute Gasteiger partial charge is 0.408 e. The Bertz CT molecular complexity index is 1140. The second-order valence-electron chi connectivity index (χ2n) is 10.3. The number of anilines is 1. The molecule has 2 unspecified atom stereocenters. The highest BCUT2D eigenvalue weighted by molar-refractivity contribution is 5.99. The zero-order chi connectivity index (χ0) is 29.2. The van der Waals surface area contributed by atoms with Gasteiger partial charge in [-0.25, -0.2) is 4.79 Å². The van der Waals surface area contributed by atoms with Crippen LogP contribution in [-0.4, -0.2) is 58.6 Å². The summed E-state index contributed by atoms with van der Waals surface area (Å²) in [6.07, 6.45) is -0.377. The largest absolute Gasteiger partial charge is 0.444 e. The van der Waals surface area contributed by atoms with Crippen molar-refractivity contribution < 1.29 is 29.0 Å². The van der Waals surface area contributed by atoms with E-state index in [4.69, 9.17) is 10.5 Å². The summed E-state index contributed by atoms with van der Waals surface area (Å²) in [5.41, 5.74) is 7.46. The van der Waals surface area contributed by atoms with E-state index in [0.717, 1.165) is 17.5 Å². The van der Waals surface area contributed by atoms with E-state index in [1.54, 1.807) is 45.0 Å². The molecule has 0 spiro atoms. The molecule has 0 aromatic heterocycles. The lowest BCUT2D eigenvalue weighted by atomic mass is 9.99. The average molecular weight is 541 g/mol. The molecule has 0 aliphatic heterocycles. The third kappa shape index (κ3) is 9.72. The first-order valence-corrected chi connectivity index (χ1v) is 13.0. The van der Waals surface area contributed by atoms with Crippen LogP contribution in [0.4, 0.5) is 10.5 Å². The molecule has 0 bridgehead atoms. The Morgan fingerprint density at radius 3 is 2.23 bits per heavy atom. The fourth-order valence-electron chi connectivity index (χ4n) is 3.99. The summed E-state index contributed by atoms with van der Waals surface area (Å²) in [5.74, 6) is -1.82. The van der Waals surface area contributed by atoms with Crippen LogP contribution in [0.1, 0.15) is 63.3 Å². The van der Waals surface area contributed by atoms with Gasteiger partial charge in [-0.3, -0.25) is 14.4 Å². The van der Waals surface area contributed by atoms with Crippen molar-refractivity contribution in [2.24, 2.45) is 5.73 Å². The molecule has 0 heterocycles. The number of carbonyl (C=O) groups is 4. The first-order chi connectivity index (χ1) is 18.4. The van der Waals surface area contributed by atoms with Gasteiger partial charge in [0.15, 0.2) is 0 Å². The lowest BCUT2D eigenvalue weighted by Gasteiger charge is -2.34. The monoisotopic (exact) mass is 540 g/mol. The van der Waals surface area contributed by atoms with Crippen LogP contribution in [0.3, 0.4) is 0 Å². The van der Waals surface area contributed by atoms with Crippen LogP contribution in [0.2, 0.25) is 0 Å². The molecule has 2 aromatic rings. The van der Waals surface area contributed by atoms with Gasteiger partial charge in [-0.05, 0) is 63.3 Å². The Labute approximate surface area is 229 Å². The van der Waals surface area contributed by atoms with Crippen molar-refractivity contribution in [3.8, 4) is 0 Å². The lowest BCUT2D eigenvalue weighted by Crippen LogP contribution is -2.53. The molecule has 2 rings (SSSR count). The van der Waals surface area contributed by atoms with E-state index in [2.05, 4.69) is 10.6 Å². The summed E-state index contributed by atoms with van der Waals surface area (Å²) in [6, 6.07) is 12.1. The van der Waals surface area contributed by atoms with E-state index in [0.29, 0.717) is 11.3 Å². The Kier molecular flexibility index (Phi) is 11.5. The Balaban J connectivity index is 2.52. The minimum atomic E-state index is -1.23. The molecule has 212 valence electrons. The van der Waals surface area contributed by atoms with Gasteiger partial charge in [-0.15, -0.1) is 0 Å². The summed E-state index contributed by atoms with van der Waals surface area (Å²) < 4.78 is 5.31. The van der Waals surface area contributed by atoms with Gasteiger partial charge in [-0.1, -0.05) is 49.4 Å². The zero-order valence-corrected chi connectivity index (χ0v) is 23.3.